The van der Waals surface area contributed by atoms with E-state index in [2.05, 4.69) is 6.92 Å². The fourth-order valence-corrected chi connectivity index (χ4v) is 8.07. The van der Waals surface area contributed by atoms with Gasteiger partial charge in [0.1, 0.15) is 6.67 Å². The Kier molecular flexibility index (Phi) is 5.71. The first-order valence-corrected chi connectivity index (χ1v) is 11.5. The van der Waals surface area contributed by atoms with Crippen molar-refractivity contribution >= 4 is 5.78 Å². The highest BCUT2D eigenvalue weighted by atomic mass is 19.1. The Morgan fingerprint density at radius 2 is 1.90 bits per heavy atom. The molecule has 0 aromatic carbocycles. The summed E-state index contributed by atoms with van der Waals surface area (Å²) in [6.07, 6.45) is 11.8. The van der Waals surface area contributed by atoms with Gasteiger partial charge in [0.25, 0.3) is 0 Å². The van der Waals surface area contributed by atoms with Crippen molar-refractivity contribution in [3.05, 3.63) is 12.4 Å². The van der Waals surface area contributed by atoms with Gasteiger partial charge in [0.2, 0.25) is 0 Å². The van der Waals surface area contributed by atoms with Crippen LogP contribution in [-0.4, -0.2) is 34.7 Å². The van der Waals surface area contributed by atoms with Crippen LogP contribution in [0.1, 0.15) is 64.7 Å². The summed E-state index contributed by atoms with van der Waals surface area (Å²) in [6.45, 7) is 1.96. The molecule has 0 heterocycles. The highest BCUT2D eigenvalue weighted by Crippen LogP contribution is 2.64. The number of hydrogen-bond acceptors (Lipinski definition) is 5. The number of alkyl halides is 1. The summed E-state index contributed by atoms with van der Waals surface area (Å²) in [5.74, 6) is 9.30. The molecule has 4 aliphatic rings. The van der Waals surface area contributed by atoms with Crippen molar-refractivity contribution in [2.24, 2.45) is 52.5 Å². The summed E-state index contributed by atoms with van der Waals surface area (Å²) in [7, 11) is 0. The topological polar surface area (TPSA) is 92.6 Å². The second-order valence-corrected chi connectivity index (χ2v) is 10.7. The molecule has 0 bridgehead atoms. The molecule has 0 aromatic heterocycles. The van der Waals surface area contributed by atoms with Crippen molar-refractivity contribution in [1.29, 1.82) is 0 Å². The maximum atomic E-state index is 13.3. The summed E-state index contributed by atoms with van der Waals surface area (Å²) in [4.78, 5) is 13.0. The van der Waals surface area contributed by atoms with Crippen molar-refractivity contribution < 1.29 is 14.3 Å². The fraction of sp³-hybridized carbons (Fsp3) is 0.870. The number of halogens is 1. The molecule has 0 aromatic rings. The lowest BCUT2D eigenvalue weighted by molar-refractivity contribution is -0.134. The Morgan fingerprint density at radius 1 is 1.14 bits per heavy atom. The van der Waals surface area contributed by atoms with Gasteiger partial charge >= 0.3 is 0 Å². The van der Waals surface area contributed by atoms with Crippen molar-refractivity contribution in [2.75, 3.05) is 13.2 Å². The Labute approximate surface area is 174 Å². The molecule has 4 fully saturated rings. The van der Waals surface area contributed by atoms with Gasteiger partial charge in [-0.25, -0.2) is 10.2 Å². The lowest BCUT2D eigenvalue weighted by Gasteiger charge is -2.57. The molecule has 0 radical (unpaired) electrons. The third-order valence-corrected chi connectivity index (χ3v) is 9.36. The number of rotatable bonds is 5. The molecule has 0 unspecified atom stereocenters. The molecule has 4 rings (SSSR count). The first-order chi connectivity index (χ1) is 13.8. The van der Waals surface area contributed by atoms with Gasteiger partial charge in [0, 0.05) is 18.3 Å². The van der Waals surface area contributed by atoms with E-state index in [1.807, 2.05) is 0 Å². The van der Waals surface area contributed by atoms with Crippen LogP contribution in [0.5, 0.6) is 0 Å². The van der Waals surface area contributed by atoms with Gasteiger partial charge < -0.3 is 15.8 Å². The van der Waals surface area contributed by atoms with Gasteiger partial charge in [0.15, 0.2) is 5.78 Å². The molecule has 164 valence electrons. The van der Waals surface area contributed by atoms with Gasteiger partial charge in [-0.05, 0) is 92.8 Å². The minimum atomic E-state index is -1.08. The average Bonchev–Trinajstić information content (AvgIpc) is 3.05. The van der Waals surface area contributed by atoms with Crippen LogP contribution in [0, 0.1) is 40.9 Å². The van der Waals surface area contributed by atoms with Gasteiger partial charge in [-0.3, -0.25) is 4.79 Å². The third kappa shape index (κ3) is 3.60. The number of carbonyl (C=O) groups is 1. The number of nitrogens with zero attached hydrogens (tertiary/aromatic N) is 1. The first kappa shape index (κ1) is 21.1. The zero-order valence-corrected chi connectivity index (χ0v) is 17.7. The van der Waals surface area contributed by atoms with Crippen LogP contribution < -0.4 is 11.6 Å². The number of nitrogens with two attached hydrogens (primary N) is 2. The van der Waals surface area contributed by atoms with E-state index in [-0.39, 0.29) is 23.7 Å². The van der Waals surface area contributed by atoms with E-state index in [1.54, 1.807) is 6.20 Å². The van der Waals surface area contributed by atoms with Crippen LogP contribution in [0.25, 0.3) is 0 Å². The van der Waals surface area contributed by atoms with E-state index >= 15 is 0 Å². The summed E-state index contributed by atoms with van der Waals surface area (Å²) in [5.41, 5.74) is 4.39. The summed E-state index contributed by atoms with van der Waals surface area (Å²) in [6, 6.07) is 0. The van der Waals surface area contributed by atoms with Crippen LogP contribution >= 0.6 is 0 Å². The van der Waals surface area contributed by atoms with E-state index in [1.165, 1.54) is 24.1 Å². The first-order valence-electron chi connectivity index (χ1n) is 11.5. The molecule has 6 heteroatoms. The number of Topliss-reactive ketones (excluding diaryl/α,β-unsaturated/α-hetero) is 1. The highest BCUT2D eigenvalue weighted by molar-refractivity contribution is 5.84. The van der Waals surface area contributed by atoms with Crippen LogP contribution in [0.2, 0.25) is 0 Å². The number of hydrogen-bond donors (Lipinski definition) is 3. The summed E-state index contributed by atoms with van der Waals surface area (Å²) < 4.78 is 13.3. The number of ketones is 1. The molecule has 4 saturated carbocycles. The molecule has 8 atom stereocenters. The van der Waals surface area contributed by atoms with Crippen molar-refractivity contribution in [3.63, 3.8) is 0 Å². The standard InChI is InChI=1S/C23H38FN3O2/c1-22-8-6-17-16-7-9-23(29,14-24)12-15(16)2-3-18(17)19(22)4-5-20(22)21(28)13-27(26)11-10-25/h10-11,15-20,29H,2-9,12-14,25-26H2,1H3/b11-10-/t15-,16+,17-,18-,19+,20-,22+,23-/m1/s1. The quantitative estimate of drug-likeness (QED) is 0.481. The van der Waals surface area contributed by atoms with E-state index in [9.17, 15) is 14.3 Å². The zero-order chi connectivity index (χ0) is 20.8. The number of carbonyl (C=O) groups excluding carboxylic acids is 1. The smallest absolute Gasteiger partial charge is 0.157 e. The number of fused-ring (bicyclic) bond motifs is 5. The van der Waals surface area contributed by atoms with Gasteiger partial charge in [-0.1, -0.05) is 6.92 Å². The third-order valence-electron chi connectivity index (χ3n) is 9.36. The molecule has 4 aliphatic carbocycles. The van der Waals surface area contributed by atoms with Crippen LogP contribution in [0.4, 0.5) is 4.39 Å². The minimum absolute atomic E-state index is 0.0761. The van der Waals surface area contributed by atoms with Crippen molar-refractivity contribution in [2.45, 2.75) is 70.3 Å². The lowest BCUT2D eigenvalue weighted by atomic mass is 9.49. The normalized spacial score (nSPS) is 46.8. The molecule has 0 amide bonds. The second-order valence-electron chi connectivity index (χ2n) is 10.7. The number of aliphatic hydroxyl groups is 1. The van der Waals surface area contributed by atoms with E-state index in [0.29, 0.717) is 42.4 Å². The minimum Gasteiger partial charge on any atom is -0.403 e. The Balaban J connectivity index is 1.46. The molecule has 0 saturated heterocycles. The van der Waals surface area contributed by atoms with Gasteiger partial charge in [-0.15, -0.1) is 0 Å². The summed E-state index contributed by atoms with van der Waals surface area (Å²) in [5, 5.41) is 11.9. The molecular formula is C23H38FN3O2. The Hall–Kier alpha value is -1.14. The molecule has 5 nitrogen and oxygen atoms in total. The van der Waals surface area contributed by atoms with E-state index in [0.717, 1.165) is 32.1 Å². The molecule has 29 heavy (non-hydrogen) atoms. The molecule has 0 spiro atoms. The van der Waals surface area contributed by atoms with Crippen LogP contribution in [0.15, 0.2) is 12.4 Å². The molecular weight excluding hydrogens is 369 g/mol. The zero-order valence-electron chi connectivity index (χ0n) is 17.7. The average molecular weight is 408 g/mol. The SMILES string of the molecule is C[C@]12CC[C@H]3[C@@H](CC[C@@H]4C[C@@](O)(CF)CC[C@@H]43)[C@@H]1CC[C@@H]2C(=O)CN(N)/C=C\N. The van der Waals surface area contributed by atoms with Gasteiger partial charge in [0.05, 0.1) is 12.1 Å². The van der Waals surface area contributed by atoms with Crippen molar-refractivity contribution in [3.8, 4) is 0 Å². The highest BCUT2D eigenvalue weighted by Gasteiger charge is 2.59. The molecule has 0 aliphatic heterocycles. The Bertz CT molecular complexity index is 658. The number of hydrazine groups is 1. The van der Waals surface area contributed by atoms with Crippen molar-refractivity contribution in [1.82, 2.24) is 5.01 Å². The monoisotopic (exact) mass is 407 g/mol. The maximum Gasteiger partial charge on any atom is 0.157 e. The summed E-state index contributed by atoms with van der Waals surface area (Å²) >= 11 is 0. The van der Waals surface area contributed by atoms with Crippen LogP contribution in [0.3, 0.4) is 0 Å². The van der Waals surface area contributed by atoms with E-state index in [4.69, 9.17) is 11.6 Å². The maximum absolute atomic E-state index is 13.3. The lowest BCUT2D eigenvalue weighted by Crippen LogP contribution is -2.52. The largest absolute Gasteiger partial charge is 0.403 e. The predicted octanol–water partition coefficient (Wildman–Crippen LogP) is 3.13. The van der Waals surface area contributed by atoms with Crippen LogP contribution in [-0.2, 0) is 4.79 Å². The Morgan fingerprint density at radius 3 is 2.62 bits per heavy atom. The second kappa shape index (κ2) is 7.84. The predicted molar refractivity (Wildman–Crippen MR) is 111 cm³/mol. The fourth-order valence-electron chi connectivity index (χ4n) is 8.07. The molecule has 5 N–H and O–H groups in total. The van der Waals surface area contributed by atoms with E-state index < -0.39 is 12.3 Å². The van der Waals surface area contributed by atoms with Gasteiger partial charge in [-0.2, -0.15) is 0 Å².